The summed E-state index contributed by atoms with van der Waals surface area (Å²) in [6.07, 6.45) is 5.66. The Bertz CT molecular complexity index is 1070. The predicted octanol–water partition coefficient (Wildman–Crippen LogP) is 5.16. The molecule has 1 amide bonds. The highest BCUT2D eigenvalue weighted by molar-refractivity contribution is 7.98. The van der Waals surface area contributed by atoms with Crippen molar-refractivity contribution >= 4 is 41.0 Å². The third-order valence-electron chi connectivity index (χ3n) is 5.47. The Hall–Kier alpha value is -2.58. The number of thioether (sulfide) groups is 1. The lowest BCUT2D eigenvalue weighted by Crippen LogP contribution is -2.33. The van der Waals surface area contributed by atoms with E-state index < -0.39 is 16.7 Å². The molecular formula is C24H32ClN5O7S. The van der Waals surface area contributed by atoms with Crippen molar-refractivity contribution in [1.82, 2.24) is 15.0 Å². The van der Waals surface area contributed by atoms with Crippen molar-refractivity contribution in [3.63, 3.8) is 0 Å². The van der Waals surface area contributed by atoms with Crippen LogP contribution in [0.15, 0.2) is 23.4 Å². The van der Waals surface area contributed by atoms with E-state index in [0.717, 1.165) is 55.4 Å². The van der Waals surface area contributed by atoms with E-state index in [9.17, 15) is 14.9 Å². The van der Waals surface area contributed by atoms with Gasteiger partial charge in [0.1, 0.15) is 0 Å². The number of nitrogens with zero attached hydrogens (tertiary/aromatic N) is 5. The summed E-state index contributed by atoms with van der Waals surface area (Å²) in [4.78, 5) is 37.5. The monoisotopic (exact) mass is 569 g/mol. The van der Waals surface area contributed by atoms with Gasteiger partial charge in [-0.15, -0.1) is 0 Å². The summed E-state index contributed by atoms with van der Waals surface area (Å²) < 4.78 is 22.2. The van der Waals surface area contributed by atoms with Crippen LogP contribution in [0.3, 0.4) is 0 Å². The zero-order valence-electron chi connectivity index (χ0n) is 21.5. The van der Waals surface area contributed by atoms with Gasteiger partial charge in [0.25, 0.3) is 0 Å². The van der Waals surface area contributed by atoms with E-state index in [0.29, 0.717) is 24.6 Å². The van der Waals surface area contributed by atoms with Gasteiger partial charge in [0, 0.05) is 19.8 Å². The Balaban J connectivity index is 1.61. The lowest BCUT2D eigenvalue weighted by atomic mass is 10.2. The lowest BCUT2D eigenvalue weighted by molar-refractivity contribution is -0.384. The molecule has 38 heavy (non-hydrogen) atoms. The molecule has 2 aromatic heterocycles. The fourth-order valence-corrected chi connectivity index (χ4v) is 4.31. The van der Waals surface area contributed by atoms with Gasteiger partial charge in [0.15, 0.2) is 11.4 Å². The highest BCUT2D eigenvalue weighted by Gasteiger charge is 2.32. The van der Waals surface area contributed by atoms with Crippen molar-refractivity contribution in [1.29, 1.82) is 0 Å². The highest BCUT2D eigenvalue weighted by atomic mass is 35.5. The number of ether oxygens (including phenoxy) is 4. The number of rotatable bonds is 14. The van der Waals surface area contributed by atoms with Crippen LogP contribution in [0, 0.1) is 10.1 Å². The van der Waals surface area contributed by atoms with Crippen LogP contribution in [0.2, 0.25) is 5.15 Å². The minimum Gasteiger partial charge on any atom is -0.449 e. The Labute approximate surface area is 230 Å². The zero-order valence-corrected chi connectivity index (χ0v) is 23.0. The third kappa shape index (κ3) is 9.02. The summed E-state index contributed by atoms with van der Waals surface area (Å²) in [6, 6.07) is 5.28. The first-order chi connectivity index (χ1) is 18.4. The molecule has 1 unspecified atom stereocenters. The molecule has 3 heterocycles. The number of aromatic nitrogens is 3. The van der Waals surface area contributed by atoms with E-state index in [2.05, 4.69) is 15.0 Å². The zero-order chi connectivity index (χ0) is 27.3. The molecule has 0 spiro atoms. The number of amides is 1. The van der Waals surface area contributed by atoms with Crippen molar-refractivity contribution in [2.45, 2.75) is 63.6 Å². The van der Waals surface area contributed by atoms with E-state index in [1.807, 2.05) is 0 Å². The molecular weight excluding hydrogens is 538 g/mol. The quantitative estimate of drug-likeness (QED) is 0.0744. The van der Waals surface area contributed by atoms with Gasteiger partial charge in [0.2, 0.25) is 11.0 Å². The molecule has 0 aliphatic carbocycles. The standard InChI is InChI=1S/C24H32ClN5O7S/c1-3-35-24(31)29(22-20(30(32)33)21(25)27-23(28-22)38-2)15-17-9-8-10-18(26-17)16-34-12-6-7-14-37-19-11-4-5-13-36-19/h8-10,19H,3-7,11-16H2,1-2H3. The Morgan fingerprint density at radius 1 is 1.24 bits per heavy atom. The summed E-state index contributed by atoms with van der Waals surface area (Å²) >= 11 is 7.21. The first-order valence-corrected chi connectivity index (χ1v) is 14.0. The second-order valence-electron chi connectivity index (χ2n) is 8.26. The summed E-state index contributed by atoms with van der Waals surface area (Å²) in [5.74, 6) is -0.262. The number of pyridine rings is 1. The van der Waals surface area contributed by atoms with Gasteiger partial charge in [0.05, 0.1) is 36.1 Å². The predicted molar refractivity (Wildman–Crippen MR) is 141 cm³/mol. The SMILES string of the molecule is CCOC(=O)N(Cc1cccc(COCCCCOC2CCCCO2)n1)c1nc(SC)nc(Cl)c1[N+](=O)[O-]. The minimum atomic E-state index is -0.818. The maximum Gasteiger partial charge on any atom is 0.416 e. The van der Waals surface area contributed by atoms with Gasteiger partial charge in [-0.1, -0.05) is 29.4 Å². The number of carbonyl (C=O) groups excluding carboxylic acids is 1. The van der Waals surface area contributed by atoms with Crippen LogP contribution < -0.4 is 4.90 Å². The highest BCUT2D eigenvalue weighted by Crippen LogP contribution is 2.35. The Kier molecular flexibility index (Phi) is 12.4. The van der Waals surface area contributed by atoms with Crippen LogP contribution in [0.1, 0.15) is 50.4 Å². The average molecular weight is 570 g/mol. The topological polar surface area (TPSA) is 139 Å². The van der Waals surface area contributed by atoms with Gasteiger partial charge >= 0.3 is 11.8 Å². The number of carbonyl (C=O) groups is 1. The van der Waals surface area contributed by atoms with Gasteiger partial charge in [-0.3, -0.25) is 15.1 Å². The molecule has 0 aromatic carbocycles. The van der Waals surface area contributed by atoms with Gasteiger partial charge in [-0.05, 0) is 57.4 Å². The number of unbranched alkanes of at least 4 members (excludes halogenated alkanes) is 1. The number of hydrogen-bond donors (Lipinski definition) is 0. The summed E-state index contributed by atoms with van der Waals surface area (Å²) in [5, 5.41) is 11.5. The summed E-state index contributed by atoms with van der Waals surface area (Å²) in [7, 11) is 0. The van der Waals surface area contributed by atoms with Crippen LogP contribution in [0.5, 0.6) is 0 Å². The lowest BCUT2D eigenvalue weighted by Gasteiger charge is -2.22. The van der Waals surface area contributed by atoms with Crippen LogP contribution >= 0.6 is 23.4 Å². The smallest absolute Gasteiger partial charge is 0.416 e. The number of halogens is 1. The molecule has 3 rings (SSSR count). The van der Waals surface area contributed by atoms with Crippen molar-refractivity contribution in [2.24, 2.45) is 0 Å². The second kappa shape index (κ2) is 15.7. The van der Waals surface area contributed by atoms with Gasteiger partial charge in [-0.25, -0.2) is 14.7 Å². The minimum absolute atomic E-state index is 0.0668. The van der Waals surface area contributed by atoms with E-state index in [4.69, 9.17) is 30.5 Å². The fourth-order valence-electron chi connectivity index (χ4n) is 3.66. The average Bonchev–Trinajstić information content (AvgIpc) is 2.91. The maximum atomic E-state index is 12.8. The van der Waals surface area contributed by atoms with E-state index >= 15 is 0 Å². The van der Waals surface area contributed by atoms with Crippen LogP contribution in [-0.4, -0.2) is 64.9 Å². The molecule has 2 aromatic rings. The normalized spacial score (nSPS) is 15.3. The van der Waals surface area contributed by atoms with Crippen LogP contribution in [-0.2, 0) is 32.1 Å². The second-order valence-corrected chi connectivity index (χ2v) is 9.39. The molecule has 14 heteroatoms. The Morgan fingerprint density at radius 3 is 2.74 bits per heavy atom. The summed E-state index contributed by atoms with van der Waals surface area (Å²) in [6.45, 7) is 3.78. The van der Waals surface area contributed by atoms with E-state index in [1.165, 1.54) is 0 Å². The van der Waals surface area contributed by atoms with Crippen molar-refractivity contribution < 1.29 is 28.7 Å². The third-order valence-corrected chi connectivity index (χ3v) is 6.28. The number of hydrogen-bond acceptors (Lipinski definition) is 11. The molecule has 1 atom stereocenters. The Morgan fingerprint density at radius 2 is 2.03 bits per heavy atom. The van der Waals surface area contributed by atoms with Crippen LogP contribution in [0.4, 0.5) is 16.3 Å². The molecule has 0 saturated carbocycles. The first-order valence-electron chi connectivity index (χ1n) is 12.4. The largest absolute Gasteiger partial charge is 0.449 e. The molecule has 1 fully saturated rings. The number of anilines is 1. The molecule has 1 aliphatic rings. The first kappa shape index (κ1) is 30.0. The van der Waals surface area contributed by atoms with Crippen molar-refractivity contribution in [3.8, 4) is 0 Å². The molecule has 1 aliphatic heterocycles. The van der Waals surface area contributed by atoms with Gasteiger partial charge < -0.3 is 18.9 Å². The molecule has 0 bridgehead atoms. The fraction of sp³-hybridized carbons (Fsp3) is 0.583. The van der Waals surface area contributed by atoms with E-state index in [-0.39, 0.29) is 42.2 Å². The molecule has 208 valence electrons. The summed E-state index contributed by atoms with van der Waals surface area (Å²) in [5.41, 5.74) is 0.531. The van der Waals surface area contributed by atoms with Crippen molar-refractivity contribution in [3.05, 3.63) is 44.9 Å². The maximum absolute atomic E-state index is 12.8. The molecule has 1 saturated heterocycles. The van der Waals surface area contributed by atoms with Crippen molar-refractivity contribution in [2.75, 3.05) is 37.6 Å². The molecule has 0 N–H and O–H groups in total. The van der Waals surface area contributed by atoms with E-state index in [1.54, 1.807) is 31.4 Å². The van der Waals surface area contributed by atoms with Gasteiger partial charge in [-0.2, -0.15) is 4.98 Å². The molecule has 12 nitrogen and oxygen atoms in total. The molecule has 0 radical (unpaired) electrons. The number of nitro groups is 1. The van der Waals surface area contributed by atoms with Crippen LogP contribution in [0.25, 0.3) is 0 Å².